The summed E-state index contributed by atoms with van der Waals surface area (Å²) in [5.74, 6) is -1.13. The van der Waals surface area contributed by atoms with E-state index in [9.17, 15) is 19.5 Å². The Labute approximate surface area is 243 Å². The third-order valence-electron chi connectivity index (χ3n) is 6.54. The second kappa shape index (κ2) is 12.2. The highest BCUT2D eigenvalue weighted by atomic mass is 32.2. The fourth-order valence-electron chi connectivity index (χ4n) is 4.67. The number of thioether (sulfide) groups is 1. The number of pyridine rings is 1. The summed E-state index contributed by atoms with van der Waals surface area (Å²) in [6, 6.07) is 4.88. The maximum absolute atomic E-state index is 13.2. The molecule has 216 valence electrons. The quantitative estimate of drug-likeness (QED) is 0.0631. The number of rotatable bonds is 12. The number of hydrogen-bond donors (Lipinski definition) is 5. The van der Waals surface area contributed by atoms with E-state index in [0.29, 0.717) is 17.9 Å². The van der Waals surface area contributed by atoms with Gasteiger partial charge < -0.3 is 32.0 Å². The summed E-state index contributed by atoms with van der Waals surface area (Å²) in [6.45, 7) is 3.53. The normalized spacial score (nSPS) is 18.7. The number of carbonyl (C=O) groups is 3. The number of aromatic nitrogens is 3. The van der Waals surface area contributed by atoms with Crippen molar-refractivity contribution in [3.05, 3.63) is 52.9 Å². The van der Waals surface area contributed by atoms with Crippen LogP contribution in [0.1, 0.15) is 19.0 Å². The van der Waals surface area contributed by atoms with E-state index in [1.807, 2.05) is 39.6 Å². The van der Waals surface area contributed by atoms with Gasteiger partial charge >= 0.3 is 5.97 Å². The molecule has 5 heterocycles. The molecular weight excluding hydrogens is 570 g/mol. The molecule has 0 bridgehead atoms. The molecule has 16 heteroatoms. The van der Waals surface area contributed by atoms with Gasteiger partial charge in [0.25, 0.3) is 17.5 Å². The number of fused-ring (bicyclic) bond motifs is 2. The Morgan fingerprint density at radius 1 is 1.37 bits per heavy atom. The highest BCUT2D eigenvalue weighted by Crippen LogP contribution is 2.40. The van der Waals surface area contributed by atoms with E-state index in [4.69, 9.17) is 16.3 Å². The Morgan fingerprint density at radius 3 is 2.90 bits per heavy atom. The van der Waals surface area contributed by atoms with Crippen molar-refractivity contribution in [1.29, 1.82) is 0 Å². The minimum Gasteiger partial charge on any atom is -0.477 e. The summed E-state index contributed by atoms with van der Waals surface area (Å²) in [4.78, 5) is 49.1. The first-order valence-corrected chi connectivity index (χ1v) is 14.8. The van der Waals surface area contributed by atoms with E-state index in [-0.39, 0.29) is 35.4 Å². The van der Waals surface area contributed by atoms with Crippen molar-refractivity contribution in [1.82, 2.24) is 19.6 Å². The molecule has 1 saturated heterocycles. The summed E-state index contributed by atoms with van der Waals surface area (Å²) in [6.07, 6.45) is 4.60. The first-order chi connectivity index (χ1) is 19.8. The van der Waals surface area contributed by atoms with Gasteiger partial charge in [0.2, 0.25) is 0 Å². The number of carbonyl (C=O) groups excluding carboxylic acids is 2. The molecule has 2 aliphatic heterocycles. The monoisotopic (exact) mass is 600 g/mol. The number of carboxylic acids is 1. The van der Waals surface area contributed by atoms with E-state index in [1.165, 1.54) is 16.7 Å². The van der Waals surface area contributed by atoms with Crippen LogP contribution in [-0.2, 0) is 25.8 Å². The van der Waals surface area contributed by atoms with Crippen LogP contribution >= 0.6 is 23.1 Å². The second-order valence-electron chi connectivity index (χ2n) is 9.18. The van der Waals surface area contributed by atoms with E-state index in [1.54, 1.807) is 12.3 Å². The molecule has 2 atom stereocenters. The van der Waals surface area contributed by atoms with Crippen molar-refractivity contribution < 1.29 is 28.9 Å². The first kappa shape index (κ1) is 28.4. The number of nitrogens with two attached hydrogens (primary N) is 2. The highest BCUT2D eigenvalue weighted by molar-refractivity contribution is 8.00. The molecule has 3 aromatic heterocycles. The molecule has 0 aromatic carbocycles. The van der Waals surface area contributed by atoms with Crippen LogP contribution in [0.5, 0.6) is 0 Å². The molecule has 0 spiro atoms. The number of oxime groups is 1. The summed E-state index contributed by atoms with van der Waals surface area (Å²) in [7, 11) is 0. The zero-order chi connectivity index (χ0) is 29.1. The zero-order valence-corrected chi connectivity index (χ0v) is 23.8. The van der Waals surface area contributed by atoms with Gasteiger partial charge in [-0.2, -0.15) is 4.40 Å². The van der Waals surface area contributed by atoms with Crippen LogP contribution in [0.2, 0.25) is 0 Å². The molecule has 5 rings (SSSR count). The lowest BCUT2D eigenvalue weighted by Crippen LogP contribution is -2.71. The summed E-state index contributed by atoms with van der Waals surface area (Å²) in [5.41, 5.74) is 12.8. The molecule has 0 saturated carbocycles. The van der Waals surface area contributed by atoms with Gasteiger partial charge in [-0.25, -0.2) is 14.3 Å². The predicted octanol–water partition coefficient (Wildman–Crippen LogP) is 0.206. The van der Waals surface area contributed by atoms with Crippen molar-refractivity contribution in [2.45, 2.75) is 31.3 Å². The van der Waals surface area contributed by atoms with Crippen LogP contribution < -0.4 is 26.7 Å². The Bertz CT molecular complexity index is 1550. The lowest BCUT2D eigenvalue weighted by atomic mass is 10.0. The first-order valence-electron chi connectivity index (χ1n) is 12.9. The smallest absolute Gasteiger partial charge is 0.352 e. The molecule has 0 aliphatic carbocycles. The fourth-order valence-corrected chi connectivity index (χ4v) is 6.55. The highest BCUT2D eigenvalue weighted by Gasteiger charge is 2.54. The van der Waals surface area contributed by atoms with Gasteiger partial charge in [-0.1, -0.05) is 5.16 Å². The van der Waals surface area contributed by atoms with Gasteiger partial charge in [-0.05, 0) is 26.0 Å². The number of hydrogen-bond acceptors (Lipinski definition) is 11. The molecular formula is C25H30N9O5S2+. The molecule has 1 fully saturated rings. The van der Waals surface area contributed by atoms with E-state index in [0.717, 1.165) is 35.8 Å². The lowest BCUT2D eigenvalue weighted by molar-refractivity contribution is -0.662. The Morgan fingerprint density at radius 2 is 2.20 bits per heavy atom. The zero-order valence-electron chi connectivity index (χ0n) is 22.1. The molecule has 0 radical (unpaired) electrons. The Balaban J connectivity index is 1.35. The van der Waals surface area contributed by atoms with E-state index in [2.05, 4.69) is 20.8 Å². The maximum Gasteiger partial charge on any atom is 0.352 e. The minimum atomic E-state index is -1.20. The second-order valence-corrected chi connectivity index (χ2v) is 11.2. The van der Waals surface area contributed by atoms with Crippen LogP contribution in [0, 0.1) is 0 Å². The van der Waals surface area contributed by atoms with E-state index >= 15 is 0 Å². The average Bonchev–Trinajstić information content (AvgIpc) is 3.58. The van der Waals surface area contributed by atoms with Crippen LogP contribution in [0.15, 0.2) is 52.4 Å². The summed E-state index contributed by atoms with van der Waals surface area (Å²) in [5, 5.41) is 21.3. The van der Waals surface area contributed by atoms with Crippen molar-refractivity contribution in [3.8, 4) is 0 Å². The Kier molecular flexibility index (Phi) is 8.41. The number of imidazole rings is 1. The van der Waals surface area contributed by atoms with Gasteiger partial charge in [0.15, 0.2) is 16.7 Å². The molecule has 41 heavy (non-hydrogen) atoms. The van der Waals surface area contributed by atoms with Gasteiger partial charge in [0.1, 0.15) is 48.4 Å². The molecule has 2 amide bonds. The van der Waals surface area contributed by atoms with E-state index < -0.39 is 29.2 Å². The molecule has 2 aliphatic rings. The Hall–Kier alpha value is -4.15. The summed E-state index contributed by atoms with van der Waals surface area (Å²) >= 11 is 2.53. The third-order valence-corrected chi connectivity index (χ3v) is 8.56. The SMILES string of the molecule is CCO/N=C(\C(=O)N[C@@H]1C(=O)N2C(C(=O)O)=C(C[n+]3ccn4c(NCCCN)cccc43)CS[C@H]12)c1csc(N)n1. The predicted molar refractivity (Wildman–Crippen MR) is 154 cm³/mol. The maximum atomic E-state index is 13.2. The van der Waals surface area contributed by atoms with Gasteiger partial charge in [0.05, 0.1) is 0 Å². The van der Waals surface area contributed by atoms with Crippen LogP contribution in [-0.4, -0.2) is 79.8 Å². The number of anilines is 2. The van der Waals surface area contributed by atoms with Gasteiger partial charge in [0, 0.05) is 35.4 Å². The van der Waals surface area contributed by atoms with Crippen LogP contribution in [0.3, 0.4) is 0 Å². The standard InChI is InChI=1S/C25H29N9O5S2/c1-2-39-31-18(15-13-41-25(27)29-15)21(35)30-19-22(36)34-20(24(37)38)14(12-40-23(19)34)11-32-9-10-33-16(28-8-4-7-26)5-3-6-17(32)33/h3,5-6,9-10,13,19,23H,2,4,7-8,11-12,26H2,1H3,(H4,27,29,30,35,37,38)/p+1/b31-18-/t19-,23-/m1/s1. The fraction of sp³-hybridized carbons (Fsp3) is 0.360. The van der Waals surface area contributed by atoms with Crippen LogP contribution in [0.4, 0.5) is 10.9 Å². The molecule has 0 unspecified atom stereocenters. The number of amides is 2. The number of nitrogens with zero attached hydrogens (tertiary/aromatic N) is 5. The molecule has 3 aromatic rings. The summed E-state index contributed by atoms with van der Waals surface area (Å²) < 4.78 is 3.92. The molecule has 14 nitrogen and oxygen atoms in total. The number of nitrogens with one attached hydrogen (secondary N) is 2. The van der Waals surface area contributed by atoms with Crippen molar-refractivity contribution in [2.24, 2.45) is 10.9 Å². The number of β-lactam (4-membered cyclic amide) rings is 1. The number of carboxylic acid groups (broad SMARTS) is 1. The number of thiazole rings is 1. The average molecular weight is 601 g/mol. The lowest BCUT2D eigenvalue weighted by Gasteiger charge is -2.49. The van der Waals surface area contributed by atoms with Gasteiger partial charge in [-0.3, -0.25) is 14.5 Å². The van der Waals surface area contributed by atoms with Crippen molar-refractivity contribution in [2.75, 3.05) is 36.5 Å². The minimum absolute atomic E-state index is 0.0659. The number of aliphatic carboxylic acids is 1. The third kappa shape index (κ3) is 5.57. The topological polar surface area (TPSA) is 194 Å². The van der Waals surface area contributed by atoms with Crippen molar-refractivity contribution in [3.63, 3.8) is 0 Å². The van der Waals surface area contributed by atoms with Crippen LogP contribution in [0.25, 0.3) is 5.65 Å². The van der Waals surface area contributed by atoms with Gasteiger partial charge in [-0.15, -0.1) is 23.1 Å². The number of nitrogen functional groups attached to an aromatic ring is 1. The molecule has 7 N–H and O–H groups in total. The van der Waals surface area contributed by atoms with Crippen molar-refractivity contribution >= 4 is 63.2 Å². The largest absolute Gasteiger partial charge is 0.477 e.